The molecule has 1 aromatic carbocycles. The third-order valence-corrected chi connectivity index (χ3v) is 8.40. The van der Waals surface area contributed by atoms with Gasteiger partial charge in [0.05, 0.1) is 23.2 Å². The van der Waals surface area contributed by atoms with E-state index in [0.717, 1.165) is 3.97 Å². The average molecular weight is 599 g/mol. The smallest absolute Gasteiger partial charge is 0.367 e. The Balaban J connectivity index is 1.23. The average Bonchev–Trinajstić information content (AvgIpc) is 3.36. The molecule has 1 aliphatic heterocycles. The minimum atomic E-state index is -4.90. The number of alkyl halides is 5. The fourth-order valence-corrected chi connectivity index (χ4v) is 6.18. The summed E-state index contributed by atoms with van der Waals surface area (Å²) in [4.78, 5) is 12.9. The van der Waals surface area contributed by atoms with Crippen LogP contribution in [0.2, 0.25) is 0 Å². The maximum Gasteiger partial charge on any atom is 0.417 e. The summed E-state index contributed by atoms with van der Waals surface area (Å²) < 4.78 is 109. The zero-order chi connectivity index (χ0) is 29.4. The van der Waals surface area contributed by atoms with E-state index in [1.807, 2.05) is 0 Å². The van der Waals surface area contributed by atoms with E-state index >= 15 is 0 Å². The van der Waals surface area contributed by atoms with Gasteiger partial charge in [-0.15, -0.1) is 0 Å². The molecule has 41 heavy (non-hydrogen) atoms. The highest BCUT2D eigenvalue weighted by Gasteiger charge is 2.41. The molecule has 0 saturated carbocycles. The van der Waals surface area contributed by atoms with Crippen molar-refractivity contribution in [2.75, 3.05) is 25.0 Å². The third kappa shape index (κ3) is 6.30. The Morgan fingerprint density at radius 1 is 0.976 bits per heavy atom. The molecule has 8 nitrogen and oxygen atoms in total. The predicted octanol–water partition coefficient (Wildman–Crippen LogP) is 5.03. The van der Waals surface area contributed by atoms with Crippen LogP contribution in [0.25, 0.3) is 11.0 Å². The first-order valence-corrected chi connectivity index (χ1v) is 14.1. The number of rotatable bonds is 8. The van der Waals surface area contributed by atoms with Gasteiger partial charge in [-0.25, -0.2) is 26.7 Å². The van der Waals surface area contributed by atoms with Crippen molar-refractivity contribution >= 4 is 26.9 Å². The number of likely N-dealkylation sites (tertiary alicyclic amines) is 1. The molecule has 0 amide bonds. The second-order valence-corrected chi connectivity index (χ2v) is 11.6. The monoisotopic (exact) mass is 598 g/mol. The van der Waals surface area contributed by atoms with Gasteiger partial charge < -0.3 is 5.32 Å². The van der Waals surface area contributed by atoms with E-state index in [-0.39, 0.29) is 42.8 Å². The highest BCUT2D eigenvalue weighted by Crippen LogP contribution is 2.35. The van der Waals surface area contributed by atoms with Gasteiger partial charge in [0.15, 0.2) is 11.5 Å². The Kier molecular flexibility index (Phi) is 7.68. The van der Waals surface area contributed by atoms with E-state index in [0.29, 0.717) is 29.6 Å². The summed E-state index contributed by atoms with van der Waals surface area (Å²) in [6.07, 6.45) is -1.26. The van der Waals surface area contributed by atoms with E-state index < -0.39 is 45.7 Å². The van der Waals surface area contributed by atoms with Crippen LogP contribution >= 0.6 is 0 Å². The topological polar surface area (TPSA) is 93.0 Å². The Morgan fingerprint density at radius 2 is 1.68 bits per heavy atom. The number of hydrogen-bond acceptors (Lipinski definition) is 7. The number of anilines is 1. The van der Waals surface area contributed by atoms with Crippen molar-refractivity contribution < 1.29 is 34.8 Å². The quantitative estimate of drug-likeness (QED) is 0.285. The van der Waals surface area contributed by atoms with Crippen LogP contribution in [0, 0.1) is 5.82 Å². The molecule has 0 unspecified atom stereocenters. The molecular formula is C26H24F6N6O2S. The maximum absolute atomic E-state index is 14.8. The second kappa shape index (κ2) is 10.9. The van der Waals surface area contributed by atoms with Gasteiger partial charge in [-0.1, -0.05) is 30.3 Å². The molecule has 0 radical (unpaired) electrons. The first-order valence-electron chi connectivity index (χ1n) is 12.5. The Hall–Kier alpha value is -3.72. The van der Waals surface area contributed by atoms with Crippen LogP contribution in [0.5, 0.6) is 0 Å². The molecule has 5 rings (SSSR count). The number of nitrogens with one attached hydrogen (secondary N) is 1. The first-order chi connectivity index (χ1) is 19.3. The van der Waals surface area contributed by atoms with Gasteiger partial charge in [0.1, 0.15) is 17.8 Å². The lowest BCUT2D eigenvalue weighted by molar-refractivity contribution is -0.138. The fourth-order valence-electron chi connectivity index (χ4n) is 4.77. The van der Waals surface area contributed by atoms with E-state index in [2.05, 4.69) is 20.3 Å². The SMILES string of the molecule is O=S(=O)(Cc1ccccc1)n1ccc2c(NC3CCN(CC(F)(F)c4ncc(C(F)(F)F)cc4F)CC3)ncnc21. The lowest BCUT2D eigenvalue weighted by Crippen LogP contribution is -2.44. The molecule has 0 aliphatic carbocycles. The van der Waals surface area contributed by atoms with E-state index in [1.165, 1.54) is 17.4 Å². The Bertz CT molecular complexity index is 1640. The van der Waals surface area contributed by atoms with Crippen molar-refractivity contribution in [2.45, 2.75) is 36.7 Å². The number of hydrogen-bond donors (Lipinski definition) is 1. The van der Waals surface area contributed by atoms with Gasteiger partial charge >= 0.3 is 12.1 Å². The number of piperidine rings is 1. The normalized spacial score (nSPS) is 15.9. The number of halogens is 6. The number of nitrogens with zero attached hydrogens (tertiary/aromatic N) is 5. The van der Waals surface area contributed by atoms with Crippen molar-refractivity contribution in [3.8, 4) is 0 Å². The number of benzene rings is 1. The zero-order valence-electron chi connectivity index (χ0n) is 21.3. The van der Waals surface area contributed by atoms with Crippen LogP contribution in [-0.4, -0.2) is 57.9 Å². The minimum absolute atomic E-state index is 0.0229. The molecule has 218 valence electrons. The molecule has 0 atom stereocenters. The highest BCUT2D eigenvalue weighted by molar-refractivity contribution is 7.89. The predicted molar refractivity (Wildman–Crippen MR) is 138 cm³/mol. The summed E-state index contributed by atoms with van der Waals surface area (Å²) in [5.74, 6) is -5.35. The molecule has 1 aliphatic rings. The largest absolute Gasteiger partial charge is 0.417 e. The number of fused-ring (bicyclic) bond motifs is 1. The van der Waals surface area contributed by atoms with Crippen LogP contribution < -0.4 is 5.32 Å². The van der Waals surface area contributed by atoms with E-state index in [9.17, 15) is 34.8 Å². The molecular weight excluding hydrogens is 574 g/mol. The van der Waals surface area contributed by atoms with Gasteiger partial charge in [-0.2, -0.15) is 22.0 Å². The summed E-state index contributed by atoms with van der Waals surface area (Å²) in [7, 11) is -3.77. The molecule has 4 heterocycles. The van der Waals surface area contributed by atoms with Crippen molar-refractivity contribution in [1.29, 1.82) is 0 Å². The molecule has 0 spiro atoms. The summed E-state index contributed by atoms with van der Waals surface area (Å²) in [5.41, 5.74) is -1.96. The minimum Gasteiger partial charge on any atom is -0.367 e. The van der Waals surface area contributed by atoms with E-state index in [4.69, 9.17) is 0 Å². The van der Waals surface area contributed by atoms with Gasteiger partial charge in [0.25, 0.3) is 0 Å². The molecule has 0 bridgehead atoms. The second-order valence-electron chi connectivity index (χ2n) is 9.76. The van der Waals surface area contributed by atoms with Gasteiger partial charge in [-0.05, 0) is 30.5 Å². The zero-order valence-corrected chi connectivity index (χ0v) is 22.1. The fraction of sp³-hybridized carbons (Fsp3) is 0.346. The maximum atomic E-state index is 14.8. The molecule has 1 fully saturated rings. The highest BCUT2D eigenvalue weighted by atomic mass is 32.2. The Labute approximate surface area is 231 Å². The summed E-state index contributed by atoms with van der Waals surface area (Å²) in [5, 5.41) is 3.70. The molecule has 4 aromatic rings. The number of pyridine rings is 1. The molecule has 15 heteroatoms. The summed E-state index contributed by atoms with van der Waals surface area (Å²) in [6, 6.07) is 10.1. The van der Waals surface area contributed by atoms with Crippen LogP contribution in [0.1, 0.15) is 29.7 Å². The Morgan fingerprint density at radius 3 is 2.34 bits per heavy atom. The van der Waals surface area contributed by atoms with Crippen LogP contribution in [-0.2, 0) is 27.9 Å². The van der Waals surface area contributed by atoms with Crippen molar-refractivity contribution in [2.24, 2.45) is 0 Å². The summed E-state index contributed by atoms with van der Waals surface area (Å²) in [6.45, 7) is -0.526. The van der Waals surface area contributed by atoms with Crippen LogP contribution in [0.3, 0.4) is 0 Å². The van der Waals surface area contributed by atoms with Crippen molar-refractivity contribution in [3.63, 3.8) is 0 Å². The van der Waals surface area contributed by atoms with Crippen LogP contribution in [0.4, 0.5) is 32.2 Å². The third-order valence-electron chi connectivity index (χ3n) is 6.81. The molecule has 1 N–H and O–H groups in total. The number of aromatic nitrogens is 4. The first kappa shape index (κ1) is 28.8. The van der Waals surface area contributed by atoms with E-state index in [1.54, 1.807) is 36.4 Å². The summed E-state index contributed by atoms with van der Waals surface area (Å²) >= 11 is 0. The lowest BCUT2D eigenvalue weighted by atomic mass is 10.0. The molecule has 1 saturated heterocycles. The molecule has 3 aromatic heterocycles. The van der Waals surface area contributed by atoms with Crippen molar-refractivity contribution in [1.82, 2.24) is 23.8 Å². The van der Waals surface area contributed by atoms with Crippen molar-refractivity contribution in [3.05, 3.63) is 83.8 Å². The standard InChI is InChI=1S/C26H24F6N6O2S/c27-21-12-18(26(30,31)32)13-33-22(21)25(28,29)15-37-9-6-19(7-10-37)36-23-20-8-11-38(24(20)35-16-34-23)41(39,40)14-17-4-2-1-3-5-17/h1-5,8,11-13,16,19H,6-7,9-10,14-15H2,(H,34,35,36). The van der Waals surface area contributed by atoms with Gasteiger partial charge in [0.2, 0.25) is 10.0 Å². The van der Waals surface area contributed by atoms with Crippen LogP contribution in [0.15, 0.2) is 61.2 Å². The lowest BCUT2D eigenvalue weighted by Gasteiger charge is -2.34. The van der Waals surface area contributed by atoms with Gasteiger partial charge in [0, 0.05) is 31.5 Å². The van der Waals surface area contributed by atoms with Gasteiger partial charge in [-0.3, -0.25) is 9.88 Å².